The zero-order chi connectivity index (χ0) is 20.1. The maximum Gasteiger partial charge on any atom is 0.338 e. The SMILES string of the molecule is CC(C)=CC1=C(C)C(=O)C(C2OCC([C@H]3OC(=O)C(C)=C3O)O2)CC1(C)C. The molecule has 3 rings (SSSR count). The molecule has 148 valence electrons. The molecule has 6 heteroatoms. The number of esters is 1. The van der Waals surface area contributed by atoms with Gasteiger partial charge in [0.25, 0.3) is 0 Å². The molecule has 27 heavy (non-hydrogen) atoms. The first-order valence-corrected chi connectivity index (χ1v) is 9.31. The number of ether oxygens (including phenoxy) is 3. The first-order chi connectivity index (χ1) is 12.5. The van der Waals surface area contributed by atoms with Crippen molar-refractivity contribution in [2.75, 3.05) is 6.61 Å². The average molecular weight is 376 g/mol. The highest BCUT2D eigenvalue weighted by Crippen LogP contribution is 2.45. The van der Waals surface area contributed by atoms with E-state index in [1.165, 1.54) is 6.92 Å². The standard InChI is InChI=1S/C21H28O6/c1-10(2)7-14-11(3)16(22)13(8-21(14,5)6)20-25-9-15(26-20)18-17(23)12(4)19(24)27-18/h7,13,15,18,20,23H,8-9H2,1-6H3/t13?,15?,18-,20?/m1/s1. The maximum absolute atomic E-state index is 13.0. The molecule has 1 aliphatic carbocycles. The molecule has 1 fully saturated rings. The van der Waals surface area contributed by atoms with Crippen molar-refractivity contribution < 1.29 is 28.9 Å². The summed E-state index contributed by atoms with van der Waals surface area (Å²) in [5, 5.41) is 10.1. The van der Waals surface area contributed by atoms with E-state index in [1.807, 2.05) is 20.8 Å². The Bertz CT molecular complexity index is 766. The molecule has 0 aromatic heterocycles. The fourth-order valence-electron chi connectivity index (χ4n) is 4.12. The van der Waals surface area contributed by atoms with Crippen LogP contribution in [0.4, 0.5) is 0 Å². The summed E-state index contributed by atoms with van der Waals surface area (Å²) in [4.78, 5) is 24.6. The molecular weight excluding hydrogens is 348 g/mol. The number of ketones is 1. The van der Waals surface area contributed by atoms with Crippen LogP contribution in [0, 0.1) is 11.3 Å². The summed E-state index contributed by atoms with van der Waals surface area (Å²) in [6.07, 6.45) is 0.484. The van der Waals surface area contributed by atoms with Gasteiger partial charge in [-0.3, -0.25) is 4.79 Å². The fourth-order valence-corrected chi connectivity index (χ4v) is 4.12. The minimum Gasteiger partial charge on any atom is -0.508 e. The van der Waals surface area contributed by atoms with Crippen LogP contribution in [-0.4, -0.2) is 42.0 Å². The summed E-state index contributed by atoms with van der Waals surface area (Å²) in [5.74, 6) is -1.08. The molecule has 1 saturated heterocycles. The summed E-state index contributed by atoms with van der Waals surface area (Å²) in [6, 6.07) is 0. The van der Waals surface area contributed by atoms with Crippen LogP contribution < -0.4 is 0 Å². The van der Waals surface area contributed by atoms with Crippen LogP contribution in [-0.2, 0) is 23.8 Å². The molecule has 0 saturated carbocycles. The van der Waals surface area contributed by atoms with Crippen LogP contribution in [0.3, 0.4) is 0 Å². The number of rotatable bonds is 3. The number of hydrogen-bond donors (Lipinski definition) is 1. The number of allylic oxidation sites excluding steroid dienone is 4. The first-order valence-electron chi connectivity index (χ1n) is 9.31. The van der Waals surface area contributed by atoms with Crippen molar-refractivity contribution in [3.8, 4) is 0 Å². The van der Waals surface area contributed by atoms with E-state index in [0.717, 1.165) is 16.7 Å². The van der Waals surface area contributed by atoms with Crippen molar-refractivity contribution >= 4 is 11.8 Å². The predicted octanol–water partition coefficient (Wildman–Crippen LogP) is 3.38. The lowest BCUT2D eigenvalue weighted by Gasteiger charge is -2.38. The van der Waals surface area contributed by atoms with Crippen LogP contribution in [0.25, 0.3) is 0 Å². The molecule has 6 nitrogen and oxygen atoms in total. The number of carbonyl (C=O) groups excluding carboxylic acids is 2. The highest BCUT2D eigenvalue weighted by molar-refractivity contribution is 5.99. The highest BCUT2D eigenvalue weighted by Gasteiger charge is 2.48. The Morgan fingerprint density at radius 2 is 1.85 bits per heavy atom. The Morgan fingerprint density at radius 3 is 2.41 bits per heavy atom. The highest BCUT2D eigenvalue weighted by atomic mass is 16.7. The first kappa shape index (κ1) is 19.8. The van der Waals surface area contributed by atoms with Gasteiger partial charge in [-0.15, -0.1) is 0 Å². The van der Waals surface area contributed by atoms with E-state index < -0.39 is 30.4 Å². The van der Waals surface area contributed by atoms with Gasteiger partial charge in [-0.1, -0.05) is 25.5 Å². The van der Waals surface area contributed by atoms with Crippen molar-refractivity contribution in [2.45, 2.75) is 66.5 Å². The van der Waals surface area contributed by atoms with Gasteiger partial charge in [-0.05, 0) is 50.7 Å². The van der Waals surface area contributed by atoms with Gasteiger partial charge >= 0.3 is 5.97 Å². The van der Waals surface area contributed by atoms with E-state index in [0.29, 0.717) is 6.42 Å². The van der Waals surface area contributed by atoms with Gasteiger partial charge in [0, 0.05) is 0 Å². The van der Waals surface area contributed by atoms with Crippen molar-refractivity contribution in [1.82, 2.24) is 0 Å². The molecule has 0 aromatic carbocycles. The number of aliphatic hydroxyl groups is 1. The van der Waals surface area contributed by atoms with E-state index in [4.69, 9.17) is 14.2 Å². The summed E-state index contributed by atoms with van der Waals surface area (Å²) in [5.41, 5.74) is 2.94. The van der Waals surface area contributed by atoms with Crippen molar-refractivity contribution in [3.05, 3.63) is 34.1 Å². The van der Waals surface area contributed by atoms with Crippen LogP contribution >= 0.6 is 0 Å². The Labute approximate surface area is 159 Å². The quantitative estimate of drug-likeness (QED) is 0.761. The van der Waals surface area contributed by atoms with Crippen molar-refractivity contribution in [3.63, 3.8) is 0 Å². The van der Waals surface area contributed by atoms with E-state index in [1.54, 1.807) is 0 Å². The Morgan fingerprint density at radius 1 is 1.19 bits per heavy atom. The average Bonchev–Trinajstić information content (AvgIpc) is 3.16. The normalized spacial score (nSPS) is 33.6. The molecule has 1 N–H and O–H groups in total. The third-order valence-corrected chi connectivity index (χ3v) is 5.60. The molecule has 2 aliphatic heterocycles. The molecule has 4 atom stereocenters. The maximum atomic E-state index is 13.0. The van der Waals surface area contributed by atoms with Crippen molar-refractivity contribution in [1.29, 1.82) is 0 Å². The van der Waals surface area contributed by atoms with Crippen LogP contribution in [0.2, 0.25) is 0 Å². The lowest BCUT2D eigenvalue weighted by Crippen LogP contribution is -2.40. The van der Waals surface area contributed by atoms with Gasteiger partial charge in [0.1, 0.15) is 11.9 Å². The van der Waals surface area contributed by atoms with Gasteiger partial charge in [0.15, 0.2) is 18.2 Å². The van der Waals surface area contributed by atoms with Gasteiger partial charge in [-0.25, -0.2) is 4.79 Å². The van der Waals surface area contributed by atoms with E-state index >= 15 is 0 Å². The third-order valence-electron chi connectivity index (χ3n) is 5.60. The second kappa shape index (κ2) is 6.91. The van der Waals surface area contributed by atoms with Gasteiger partial charge in [0.2, 0.25) is 0 Å². The van der Waals surface area contributed by atoms with Gasteiger partial charge < -0.3 is 19.3 Å². The van der Waals surface area contributed by atoms with E-state index in [-0.39, 0.29) is 29.1 Å². The van der Waals surface area contributed by atoms with Crippen LogP contribution in [0.15, 0.2) is 34.1 Å². The largest absolute Gasteiger partial charge is 0.508 e. The summed E-state index contributed by atoms with van der Waals surface area (Å²) < 4.78 is 16.9. The molecule has 0 amide bonds. The lowest BCUT2D eigenvalue weighted by atomic mass is 9.67. The lowest BCUT2D eigenvalue weighted by molar-refractivity contribution is -0.156. The topological polar surface area (TPSA) is 82.1 Å². The molecule has 0 aromatic rings. The zero-order valence-electron chi connectivity index (χ0n) is 16.8. The van der Waals surface area contributed by atoms with Crippen LogP contribution in [0.1, 0.15) is 48.0 Å². The number of carbonyl (C=O) groups is 2. The number of hydrogen-bond acceptors (Lipinski definition) is 6. The third kappa shape index (κ3) is 3.48. The number of cyclic esters (lactones) is 1. The minimum atomic E-state index is -0.868. The molecule has 3 unspecified atom stereocenters. The number of Topliss-reactive ketones (excluding diaryl/α,β-unsaturated/α-hetero) is 1. The fraction of sp³-hybridized carbons (Fsp3) is 0.619. The molecular formula is C21H28O6. The zero-order valence-corrected chi connectivity index (χ0v) is 16.8. The molecule has 2 heterocycles. The Hall–Kier alpha value is -1.92. The Balaban J connectivity index is 1.79. The molecule has 0 spiro atoms. The summed E-state index contributed by atoms with van der Waals surface area (Å²) in [6.45, 7) is 11.8. The predicted molar refractivity (Wildman–Crippen MR) is 98.8 cm³/mol. The molecule has 3 aliphatic rings. The monoisotopic (exact) mass is 376 g/mol. The number of aliphatic hydroxyl groups excluding tert-OH is 1. The van der Waals surface area contributed by atoms with Gasteiger partial charge in [0.05, 0.1) is 18.1 Å². The summed E-state index contributed by atoms with van der Waals surface area (Å²) in [7, 11) is 0. The van der Waals surface area contributed by atoms with E-state index in [2.05, 4.69) is 19.9 Å². The minimum absolute atomic E-state index is 0.0202. The second-order valence-corrected chi connectivity index (χ2v) is 8.53. The molecule has 0 radical (unpaired) electrons. The Kier molecular flexibility index (Phi) is 5.08. The molecule has 0 bridgehead atoms. The summed E-state index contributed by atoms with van der Waals surface area (Å²) >= 11 is 0. The van der Waals surface area contributed by atoms with Crippen molar-refractivity contribution in [2.24, 2.45) is 11.3 Å². The van der Waals surface area contributed by atoms with E-state index in [9.17, 15) is 14.7 Å². The van der Waals surface area contributed by atoms with Gasteiger partial charge in [-0.2, -0.15) is 0 Å². The van der Waals surface area contributed by atoms with Crippen LogP contribution in [0.5, 0.6) is 0 Å². The second-order valence-electron chi connectivity index (χ2n) is 8.53. The smallest absolute Gasteiger partial charge is 0.338 e.